The zero-order valence-corrected chi connectivity index (χ0v) is 20.3. The van der Waals surface area contributed by atoms with Gasteiger partial charge in [-0.25, -0.2) is 0 Å². The first-order valence-electron chi connectivity index (χ1n) is 11.1. The topological polar surface area (TPSA) is 69.0 Å². The number of amides is 1. The van der Waals surface area contributed by atoms with Gasteiger partial charge in [0.2, 0.25) is 5.76 Å². The van der Waals surface area contributed by atoms with Crippen LogP contribution in [0.15, 0.2) is 39.5 Å². The van der Waals surface area contributed by atoms with Gasteiger partial charge in [-0.2, -0.15) is 0 Å². The largest absolute Gasteiger partial charge is 0.493 e. The predicted molar refractivity (Wildman–Crippen MR) is 129 cm³/mol. The molecule has 6 nitrogen and oxygen atoms in total. The smallest absolute Gasteiger partial charge is 0.290 e. The minimum Gasteiger partial charge on any atom is -0.493 e. The third-order valence-corrected chi connectivity index (χ3v) is 6.19. The fourth-order valence-corrected chi connectivity index (χ4v) is 4.35. The van der Waals surface area contributed by atoms with Crippen molar-refractivity contribution in [2.75, 3.05) is 20.3 Å². The molecule has 0 fully saturated rings. The summed E-state index contributed by atoms with van der Waals surface area (Å²) in [6, 6.07) is 8.27. The third-order valence-electron chi connectivity index (χ3n) is 5.79. The zero-order chi connectivity index (χ0) is 23.9. The Bertz CT molecular complexity index is 1280. The van der Waals surface area contributed by atoms with Gasteiger partial charge in [-0.1, -0.05) is 38.4 Å². The molecule has 2 aromatic carbocycles. The molecule has 1 aromatic heterocycles. The Hall–Kier alpha value is -2.99. The number of ether oxygens (including phenoxy) is 2. The lowest BCUT2D eigenvalue weighted by Gasteiger charge is -2.25. The molecule has 0 bridgehead atoms. The lowest BCUT2D eigenvalue weighted by Crippen LogP contribution is -2.30. The van der Waals surface area contributed by atoms with Crippen LogP contribution in [-0.2, 0) is 0 Å². The van der Waals surface area contributed by atoms with Gasteiger partial charge in [0.15, 0.2) is 16.9 Å². The van der Waals surface area contributed by atoms with E-state index in [0.29, 0.717) is 52.1 Å². The summed E-state index contributed by atoms with van der Waals surface area (Å²) in [6.45, 7) is 9.00. The molecule has 0 saturated carbocycles. The van der Waals surface area contributed by atoms with Crippen LogP contribution in [0.2, 0.25) is 5.02 Å². The standard InChI is InChI=1S/C26H28ClNO5/c1-6-9-28-23(16-7-8-19(21(11-16)31-5)32-13-14(2)3)22-24(29)17-12-18(27)15(4)10-20(17)33-25(22)26(28)30/h7-8,10-12,14,23H,6,9,13H2,1-5H3. The molecule has 7 heteroatoms. The summed E-state index contributed by atoms with van der Waals surface area (Å²) in [5.74, 6) is 1.33. The first kappa shape index (κ1) is 23.2. The molecule has 0 spiro atoms. The van der Waals surface area contributed by atoms with E-state index in [4.69, 9.17) is 25.5 Å². The van der Waals surface area contributed by atoms with E-state index in [-0.39, 0.29) is 17.1 Å². The molecule has 1 amide bonds. The molecule has 174 valence electrons. The Morgan fingerprint density at radius 1 is 1.15 bits per heavy atom. The average Bonchev–Trinajstić information content (AvgIpc) is 3.06. The first-order chi connectivity index (χ1) is 15.8. The van der Waals surface area contributed by atoms with Gasteiger partial charge in [0, 0.05) is 11.6 Å². The number of halogens is 1. The van der Waals surface area contributed by atoms with Crippen molar-refractivity contribution in [2.45, 2.75) is 40.2 Å². The number of hydrogen-bond acceptors (Lipinski definition) is 5. The Morgan fingerprint density at radius 3 is 2.58 bits per heavy atom. The van der Waals surface area contributed by atoms with Crippen LogP contribution >= 0.6 is 11.6 Å². The van der Waals surface area contributed by atoms with Crippen molar-refractivity contribution in [3.8, 4) is 11.5 Å². The molecule has 1 unspecified atom stereocenters. The highest BCUT2D eigenvalue weighted by Gasteiger charge is 2.42. The average molecular weight is 470 g/mol. The van der Waals surface area contributed by atoms with Crippen LogP contribution in [0.4, 0.5) is 0 Å². The maximum Gasteiger partial charge on any atom is 0.290 e. The van der Waals surface area contributed by atoms with E-state index < -0.39 is 6.04 Å². The lowest BCUT2D eigenvalue weighted by molar-refractivity contribution is 0.0728. The molecule has 0 aliphatic carbocycles. The third kappa shape index (κ3) is 4.08. The second-order valence-electron chi connectivity index (χ2n) is 8.79. The van der Waals surface area contributed by atoms with Gasteiger partial charge in [0.05, 0.1) is 30.7 Å². The number of carbonyl (C=O) groups excluding carboxylic acids is 1. The molecule has 33 heavy (non-hydrogen) atoms. The van der Waals surface area contributed by atoms with Crippen LogP contribution in [-0.4, -0.2) is 31.1 Å². The SMILES string of the molecule is CCCN1C(=O)c2oc3cc(C)c(Cl)cc3c(=O)c2C1c1ccc(OCC(C)C)c(OC)c1. The number of carbonyl (C=O) groups is 1. The van der Waals surface area contributed by atoms with E-state index in [1.165, 1.54) is 0 Å². The van der Waals surface area contributed by atoms with E-state index >= 15 is 0 Å². The molecular weight excluding hydrogens is 442 g/mol. The summed E-state index contributed by atoms with van der Waals surface area (Å²) in [6.07, 6.45) is 0.738. The molecule has 0 radical (unpaired) electrons. The van der Waals surface area contributed by atoms with Crippen LogP contribution < -0.4 is 14.9 Å². The molecular formula is C26H28ClNO5. The van der Waals surface area contributed by atoms with E-state index in [9.17, 15) is 9.59 Å². The van der Waals surface area contributed by atoms with E-state index in [1.807, 2.05) is 32.0 Å². The Morgan fingerprint density at radius 2 is 1.91 bits per heavy atom. The summed E-state index contributed by atoms with van der Waals surface area (Å²) in [4.78, 5) is 28.6. The summed E-state index contributed by atoms with van der Waals surface area (Å²) in [5, 5.41) is 0.846. The van der Waals surface area contributed by atoms with E-state index in [0.717, 1.165) is 17.5 Å². The van der Waals surface area contributed by atoms with Gasteiger partial charge in [0.1, 0.15) is 5.58 Å². The van der Waals surface area contributed by atoms with Crippen molar-refractivity contribution in [2.24, 2.45) is 5.92 Å². The Labute approximate surface area is 198 Å². The van der Waals surface area contributed by atoms with Crippen molar-refractivity contribution in [3.63, 3.8) is 0 Å². The second kappa shape index (κ2) is 9.10. The molecule has 0 N–H and O–H groups in total. The van der Waals surface area contributed by atoms with Gasteiger partial charge >= 0.3 is 0 Å². The minimum absolute atomic E-state index is 0.0896. The first-order valence-corrected chi connectivity index (χ1v) is 11.5. The normalized spacial score (nSPS) is 15.4. The molecule has 4 rings (SSSR count). The van der Waals surface area contributed by atoms with Crippen molar-refractivity contribution >= 4 is 28.5 Å². The number of fused-ring (bicyclic) bond motifs is 2. The quantitative estimate of drug-likeness (QED) is 0.440. The van der Waals surface area contributed by atoms with Gasteiger partial charge in [0.25, 0.3) is 5.91 Å². The zero-order valence-electron chi connectivity index (χ0n) is 19.5. The van der Waals surface area contributed by atoms with E-state index in [2.05, 4.69) is 13.8 Å². The number of nitrogens with zero attached hydrogens (tertiary/aromatic N) is 1. The van der Waals surface area contributed by atoms with Crippen molar-refractivity contribution in [1.29, 1.82) is 0 Å². The highest BCUT2D eigenvalue weighted by molar-refractivity contribution is 6.32. The fourth-order valence-electron chi connectivity index (χ4n) is 4.19. The monoisotopic (exact) mass is 469 g/mol. The summed E-state index contributed by atoms with van der Waals surface area (Å²) >= 11 is 6.29. The van der Waals surface area contributed by atoms with Crippen LogP contribution in [0, 0.1) is 12.8 Å². The predicted octanol–water partition coefficient (Wildman–Crippen LogP) is 5.75. The fraction of sp³-hybridized carbons (Fsp3) is 0.385. The number of rotatable bonds is 7. The van der Waals surface area contributed by atoms with Crippen molar-refractivity contribution in [3.05, 3.63) is 68.0 Å². The highest BCUT2D eigenvalue weighted by atomic mass is 35.5. The van der Waals surface area contributed by atoms with Gasteiger partial charge < -0.3 is 18.8 Å². The number of benzene rings is 2. The molecule has 1 aliphatic heterocycles. The van der Waals surface area contributed by atoms with Crippen molar-refractivity contribution in [1.82, 2.24) is 4.90 Å². The van der Waals surface area contributed by atoms with Crippen LogP contribution in [0.3, 0.4) is 0 Å². The second-order valence-corrected chi connectivity index (χ2v) is 9.19. The summed E-state index contributed by atoms with van der Waals surface area (Å²) in [7, 11) is 1.57. The molecule has 2 heterocycles. The van der Waals surface area contributed by atoms with Gasteiger partial charge in [-0.3, -0.25) is 9.59 Å². The molecule has 1 atom stereocenters. The number of methoxy groups -OCH3 is 1. The van der Waals surface area contributed by atoms with Gasteiger partial charge in [-0.05, 0) is 54.7 Å². The molecule has 3 aromatic rings. The van der Waals surface area contributed by atoms with Crippen LogP contribution in [0.5, 0.6) is 11.5 Å². The van der Waals surface area contributed by atoms with E-state index in [1.54, 1.807) is 24.1 Å². The Balaban J connectivity index is 1.90. The van der Waals surface area contributed by atoms with Crippen molar-refractivity contribution < 1.29 is 18.7 Å². The maximum absolute atomic E-state index is 13.6. The Kier molecular flexibility index (Phi) is 6.39. The number of hydrogen-bond donors (Lipinski definition) is 0. The lowest BCUT2D eigenvalue weighted by atomic mass is 9.97. The molecule has 1 aliphatic rings. The van der Waals surface area contributed by atoms with Gasteiger partial charge in [-0.15, -0.1) is 0 Å². The van der Waals surface area contributed by atoms with Crippen LogP contribution in [0.25, 0.3) is 11.0 Å². The highest BCUT2D eigenvalue weighted by Crippen LogP contribution is 2.41. The number of aryl methyl sites for hydroxylation is 1. The minimum atomic E-state index is -0.582. The van der Waals surface area contributed by atoms with Crippen LogP contribution in [0.1, 0.15) is 60.5 Å². The summed E-state index contributed by atoms with van der Waals surface area (Å²) in [5.41, 5.74) is 1.99. The molecule has 0 saturated heterocycles. The maximum atomic E-state index is 13.6. The summed E-state index contributed by atoms with van der Waals surface area (Å²) < 4.78 is 17.4.